The van der Waals surface area contributed by atoms with Crippen LogP contribution in [0.5, 0.6) is 5.75 Å². The summed E-state index contributed by atoms with van der Waals surface area (Å²) >= 11 is 0. The zero-order chi connectivity index (χ0) is 39.3. The quantitative estimate of drug-likeness (QED) is 0.171. The van der Waals surface area contributed by atoms with Crippen LogP contribution in [0.3, 0.4) is 0 Å². The van der Waals surface area contributed by atoms with Crippen LogP contribution in [0.2, 0.25) is 0 Å². The summed E-state index contributed by atoms with van der Waals surface area (Å²) in [7, 11) is 3.30. The van der Waals surface area contributed by atoms with Crippen molar-refractivity contribution in [3.63, 3.8) is 0 Å². The number of imidazole rings is 1. The first-order chi connectivity index (χ1) is 26.9. The molecule has 5 aromatic rings. The number of halogens is 1. The van der Waals surface area contributed by atoms with Gasteiger partial charge in [0.25, 0.3) is 5.91 Å². The number of pyridine rings is 1. The van der Waals surface area contributed by atoms with Crippen LogP contribution in [0.15, 0.2) is 59.5 Å². The van der Waals surface area contributed by atoms with Crippen molar-refractivity contribution in [2.75, 3.05) is 32.1 Å². The number of hydrogen-bond donors (Lipinski definition) is 2. The molecule has 13 nitrogen and oxygen atoms in total. The van der Waals surface area contributed by atoms with Gasteiger partial charge in [0.2, 0.25) is 11.8 Å². The average Bonchev–Trinajstić information content (AvgIpc) is 3.71. The number of methoxy groups -OCH3 is 1. The van der Waals surface area contributed by atoms with Gasteiger partial charge in [-0.15, -0.1) is 0 Å². The van der Waals surface area contributed by atoms with E-state index in [4.69, 9.17) is 9.84 Å². The van der Waals surface area contributed by atoms with Crippen molar-refractivity contribution in [3.8, 4) is 5.75 Å². The first-order valence-electron chi connectivity index (χ1n) is 19.7. The molecule has 2 aromatic carbocycles. The van der Waals surface area contributed by atoms with Gasteiger partial charge in [-0.2, -0.15) is 5.10 Å². The average molecular weight is 765 g/mol. The standard InChI is InChI=1S/C42H49FN8O5/c1-42(2,43)37-7-5-6-30(44-37)39(53)45-32-20-28-24-50(47-31(28)22-36(32)56-4)29-11-8-25(9-12-29)23-49-18-16-26(17-19-49)27-10-13-33-35(21-27)48(3)41(55)51(33)34-14-15-38(52)46-40(34)54/h5-7,10,13,20-22,24-26,29,34H,8-9,11-12,14-19,23H2,1-4H3,(H,45,53)(H,46,52,54)/t25-,29-,34?. The highest BCUT2D eigenvalue weighted by molar-refractivity contribution is 6.05. The van der Waals surface area contributed by atoms with E-state index in [0.717, 1.165) is 80.1 Å². The minimum atomic E-state index is -1.67. The van der Waals surface area contributed by atoms with Crippen LogP contribution in [0.4, 0.5) is 10.1 Å². The third kappa shape index (κ3) is 7.34. The Morgan fingerprint density at radius 1 is 0.982 bits per heavy atom. The Morgan fingerprint density at radius 3 is 2.46 bits per heavy atom. The zero-order valence-corrected chi connectivity index (χ0v) is 32.4. The molecule has 1 atom stereocenters. The Labute approximate surface area is 324 Å². The number of alkyl halides is 1. The molecule has 0 spiro atoms. The molecule has 3 aromatic heterocycles. The minimum Gasteiger partial charge on any atom is -0.494 e. The van der Waals surface area contributed by atoms with Gasteiger partial charge in [-0.25, -0.2) is 14.2 Å². The molecule has 3 aliphatic rings. The van der Waals surface area contributed by atoms with Crippen molar-refractivity contribution in [1.29, 1.82) is 0 Å². The maximum absolute atomic E-state index is 14.5. The highest BCUT2D eigenvalue weighted by Gasteiger charge is 2.32. The first-order valence-corrected chi connectivity index (χ1v) is 19.7. The zero-order valence-electron chi connectivity index (χ0n) is 32.4. The highest BCUT2D eigenvalue weighted by Crippen LogP contribution is 2.37. The fourth-order valence-corrected chi connectivity index (χ4v) is 8.87. The normalized spacial score (nSPS) is 21.4. The molecule has 14 heteroatoms. The Hall–Kier alpha value is -5.37. The van der Waals surface area contributed by atoms with Gasteiger partial charge >= 0.3 is 5.69 Å². The van der Waals surface area contributed by atoms with Crippen molar-refractivity contribution >= 4 is 45.3 Å². The Bertz CT molecular complexity index is 2380. The third-order valence-electron chi connectivity index (χ3n) is 12.1. The van der Waals surface area contributed by atoms with E-state index in [1.54, 1.807) is 41.5 Å². The van der Waals surface area contributed by atoms with Gasteiger partial charge in [0.1, 0.15) is 23.2 Å². The number of nitrogens with one attached hydrogen (secondary N) is 2. The number of benzene rings is 2. The van der Waals surface area contributed by atoms with Gasteiger partial charge < -0.3 is 15.0 Å². The summed E-state index contributed by atoms with van der Waals surface area (Å²) in [5, 5.41) is 11.1. The lowest BCUT2D eigenvalue weighted by atomic mass is 9.84. The second-order valence-corrected chi connectivity index (χ2v) is 16.2. The number of rotatable bonds is 9. The van der Waals surface area contributed by atoms with Crippen LogP contribution in [-0.2, 0) is 22.3 Å². The summed E-state index contributed by atoms with van der Waals surface area (Å²) < 4.78 is 25.3. The van der Waals surface area contributed by atoms with Gasteiger partial charge in [-0.1, -0.05) is 12.1 Å². The van der Waals surface area contributed by atoms with Crippen LogP contribution >= 0.6 is 0 Å². The number of piperidine rings is 2. The molecule has 2 N–H and O–H groups in total. The number of hydrogen-bond acceptors (Lipinski definition) is 8. The van der Waals surface area contributed by atoms with Crippen molar-refractivity contribution < 1.29 is 23.5 Å². The summed E-state index contributed by atoms with van der Waals surface area (Å²) in [4.78, 5) is 57.5. The van der Waals surface area contributed by atoms with E-state index in [1.807, 2.05) is 24.4 Å². The summed E-state index contributed by atoms with van der Waals surface area (Å²) in [5.74, 6) is 0.354. The number of fused-ring (bicyclic) bond motifs is 2. The van der Waals surface area contributed by atoms with Crippen molar-refractivity contribution in [2.45, 2.75) is 88.9 Å². The van der Waals surface area contributed by atoms with Gasteiger partial charge in [0.05, 0.1) is 41.1 Å². The van der Waals surface area contributed by atoms with Gasteiger partial charge in [-0.05, 0) is 120 Å². The molecule has 3 fully saturated rings. The smallest absolute Gasteiger partial charge is 0.329 e. The summed E-state index contributed by atoms with van der Waals surface area (Å²) in [6, 6.07) is 14.2. The molecule has 56 heavy (non-hydrogen) atoms. The lowest BCUT2D eigenvalue weighted by Crippen LogP contribution is -2.44. The minimum absolute atomic E-state index is 0.125. The second-order valence-electron chi connectivity index (χ2n) is 16.2. The third-order valence-corrected chi connectivity index (χ3v) is 12.1. The van der Waals surface area contributed by atoms with Crippen LogP contribution in [0, 0.1) is 5.92 Å². The second kappa shape index (κ2) is 14.9. The molecule has 1 aliphatic carbocycles. The number of likely N-dealkylation sites (tertiary alicyclic amines) is 1. The van der Waals surface area contributed by atoms with Gasteiger partial charge in [-0.3, -0.25) is 33.5 Å². The summed E-state index contributed by atoms with van der Waals surface area (Å²) in [5.41, 5.74) is 2.45. The molecule has 1 unspecified atom stereocenters. The lowest BCUT2D eigenvalue weighted by molar-refractivity contribution is -0.135. The Morgan fingerprint density at radius 2 is 1.75 bits per heavy atom. The van der Waals surface area contributed by atoms with E-state index in [2.05, 4.69) is 37.3 Å². The molecule has 1 saturated carbocycles. The van der Waals surface area contributed by atoms with Crippen LogP contribution < -0.4 is 21.1 Å². The highest BCUT2D eigenvalue weighted by atomic mass is 19.1. The molecule has 5 heterocycles. The van der Waals surface area contributed by atoms with Crippen LogP contribution in [0.1, 0.15) is 105 Å². The van der Waals surface area contributed by atoms with E-state index in [0.29, 0.717) is 35.7 Å². The number of carbonyl (C=O) groups is 3. The van der Waals surface area contributed by atoms with Crippen LogP contribution in [0.25, 0.3) is 21.9 Å². The first kappa shape index (κ1) is 37.5. The number of anilines is 1. The van der Waals surface area contributed by atoms with E-state index in [-0.39, 0.29) is 29.4 Å². The van der Waals surface area contributed by atoms with E-state index in [9.17, 15) is 23.6 Å². The molecule has 294 valence electrons. The summed E-state index contributed by atoms with van der Waals surface area (Å²) in [6.07, 6.45) is 9.02. The number of imide groups is 1. The number of aromatic nitrogens is 5. The molecule has 8 rings (SSSR count). The fourth-order valence-electron chi connectivity index (χ4n) is 8.87. The van der Waals surface area contributed by atoms with Gasteiger partial charge in [0, 0.05) is 37.7 Å². The summed E-state index contributed by atoms with van der Waals surface area (Å²) in [6.45, 7) is 5.96. The SMILES string of the molecule is COc1cc2nn([C@H]3CC[C@H](CN4CCC(c5ccc6c(c5)n(C)c(=O)n6C5CCC(=O)NC5=O)CC4)CC3)cc2cc1NC(=O)c1cccc(C(C)(C)F)n1. The maximum atomic E-state index is 14.5. The maximum Gasteiger partial charge on any atom is 0.329 e. The molecule has 2 saturated heterocycles. The van der Waals surface area contributed by atoms with E-state index >= 15 is 0 Å². The molecular weight excluding hydrogens is 716 g/mol. The van der Waals surface area contributed by atoms with Crippen molar-refractivity contribution in [3.05, 3.63) is 82.2 Å². The van der Waals surface area contributed by atoms with Crippen molar-refractivity contribution in [1.82, 2.24) is 34.1 Å². The predicted octanol–water partition coefficient (Wildman–Crippen LogP) is 6.14. The molecule has 0 bridgehead atoms. The molecular formula is C42H49FN8O5. The lowest BCUT2D eigenvalue weighted by Gasteiger charge is -2.36. The number of nitrogens with zero attached hydrogens (tertiary/aromatic N) is 6. The predicted molar refractivity (Wildman–Crippen MR) is 211 cm³/mol. The largest absolute Gasteiger partial charge is 0.494 e. The van der Waals surface area contributed by atoms with Crippen molar-refractivity contribution in [2.24, 2.45) is 13.0 Å². The Balaban J connectivity index is 0.859. The fraction of sp³-hybridized carbons (Fsp3) is 0.476. The van der Waals surface area contributed by atoms with E-state index < -0.39 is 23.5 Å². The van der Waals surface area contributed by atoms with Gasteiger partial charge in [0.15, 0.2) is 0 Å². The molecule has 3 amide bonds. The number of aryl methyl sites for hydroxylation is 1. The number of ether oxygens (including phenoxy) is 1. The van der Waals surface area contributed by atoms with Crippen LogP contribution in [-0.4, -0.2) is 73.3 Å². The van der Waals surface area contributed by atoms with E-state index in [1.165, 1.54) is 19.4 Å². The monoisotopic (exact) mass is 764 g/mol. The molecule has 0 radical (unpaired) electrons. The Kier molecular flexibility index (Phi) is 10.0. The molecule has 2 aliphatic heterocycles. The number of carbonyl (C=O) groups excluding carboxylic acids is 3. The topological polar surface area (TPSA) is 145 Å². The number of amides is 3.